The van der Waals surface area contributed by atoms with Crippen LogP contribution in [-0.2, 0) is 4.79 Å². The molecule has 5 nitrogen and oxygen atoms in total. The van der Waals surface area contributed by atoms with Crippen molar-refractivity contribution >= 4 is 23.0 Å². The Balaban J connectivity index is 2.98. The summed E-state index contributed by atoms with van der Waals surface area (Å²) in [5.41, 5.74) is -1.34. The number of aliphatic hydroxyl groups excluding tert-OH is 3. The van der Waals surface area contributed by atoms with E-state index in [1.54, 1.807) is 6.08 Å². The quantitative estimate of drug-likeness (QED) is 0.531. The van der Waals surface area contributed by atoms with Gasteiger partial charge in [0.1, 0.15) is 5.54 Å². The van der Waals surface area contributed by atoms with Crippen LogP contribution >= 0.6 is 12.2 Å². The summed E-state index contributed by atoms with van der Waals surface area (Å²) in [5.74, 6) is -0.334. The van der Waals surface area contributed by atoms with Gasteiger partial charge in [-0.05, 0) is 6.08 Å². The van der Waals surface area contributed by atoms with E-state index in [9.17, 15) is 4.79 Å². The van der Waals surface area contributed by atoms with E-state index >= 15 is 0 Å². The summed E-state index contributed by atoms with van der Waals surface area (Å²) in [7, 11) is 0. The fourth-order valence-corrected chi connectivity index (χ4v) is 1.52. The molecule has 0 saturated carbocycles. The van der Waals surface area contributed by atoms with Crippen molar-refractivity contribution in [1.82, 2.24) is 4.90 Å². The highest BCUT2D eigenvalue weighted by molar-refractivity contribution is 7.80. The Labute approximate surface area is 92.6 Å². The molecule has 1 heterocycles. The highest BCUT2D eigenvalue weighted by atomic mass is 32.1. The molecule has 1 rings (SSSR count). The van der Waals surface area contributed by atoms with E-state index < -0.39 is 25.4 Å². The summed E-state index contributed by atoms with van der Waals surface area (Å²) < 4.78 is 0. The van der Waals surface area contributed by atoms with Crippen molar-refractivity contribution in [2.75, 3.05) is 19.8 Å². The first-order valence-corrected chi connectivity index (χ1v) is 4.86. The molecule has 0 atom stereocenters. The molecule has 1 amide bonds. The number of nitrogens with zero attached hydrogens (tertiary/aromatic N) is 1. The molecule has 0 fully saturated rings. The van der Waals surface area contributed by atoms with Crippen LogP contribution in [0, 0.1) is 0 Å². The third-order valence-corrected chi connectivity index (χ3v) is 2.68. The molecule has 0 radical (unpaired) electrons. The van der Waals surface area contributed by atoms with Gasteiger partial charge in [0.25, 0.3) is 0 Å². The maximum atomic E-state index is 11.6. The second kappa shape index (κ2) is 4.80. The van der Waals surface area contributed by atoms with E-state index in [0.29, 0.717) is 4.86 Å². The molecule has 3 N–H and O–H groups in total. The third kappa shape index (κ3) is 2.23. The average Bonchev–Trinajstić information content (AvgIpc) is 2.23. The molecule has 0 aromatic carbocycles. The number of thiocarbonyl (C=S) groups is 1. The first-order chi connectivity index (χ1) is 7.09. The van der Waals surface area contributed by atoms with Crippen molar-refractivity contribution < 1.29 is 20.1 Å². The first kappa shape index (κ1) is 12.3. The van der Waals surface area contributed by atoms with E-state index in [-0.39, 0.29) is 12.3 Å². The molecule has 1 aliphatic heterocycles. The molecule has 0 aromatic rings. The number of aliphatic hydroxyl groups is 3. The molecule has 0 saturated heterocycles. The number of amides is 1. The molecule has 84 valence electrons. The van der Waals surface area contributed by atoms with Gasteiger partial charge in [0.05, 0.1) is 26.2 Å². The highest BCUT2D eigenvalue weighted by Gasteiger charge is 2.38. The van der Waals surface area contributed by atoms with Crippen LogP contribution in [0.4, 0.5) is 0 Å². The predicted octanol–water partition coefficient (Wildman–Crippen LogP) is -1.18. The van der Waals surface area contributed by atoms with Gasteiger partial charge in [0.15, 0.2) is 0 Å². The van der Waals surface area contributed by atoms with E-state index in [4.69, 9.17) is 27.5 Å². The zero-order chi connectivity index (χ0) is 11.5. The lowest BCUT2D eigenvalue weighted by Crippen LogP contribution is -2.58. The number of hydrogen-bond donors (Lipinski definition) is 3. The lowest BCUT2D eigenvalue weighted by atomic mass is 9.98. The van der Waals surface area contributed by atoms with Crippen molar-refractivity contribution in [3.05, 3.63) is 12.3 Å². The van der Waals surface area contributed by atoms with Gasteiger partial charge in [-0.15, -0.1) is 0 Å². The highest BCUT2D eigenvalue weighted by Crippen LogP contribution is 2.19. The van der Waals surface area contributed by atoms with Crippen molar-refractivity contribution in [3.63, 3.8) is 0 Å². The Hall–Kier alpha value is -0.820. The summed E-state index contributed by atoms with van der Waals surface area (Å²) in [6, 6.07) is 0. The maximum Gasteiger partial charge on any atom is 0.232 e. The van der Waals surface area contributed by atoms with Crippen LogP contribution in [0.1, 0.15) is 6.42 Å². The second-order valence-corrected chi connectivity index (χ2v) is 3.95. The summed E-state index contributed by atoms with van der Waals surface area (Å²) in [6.07, 6.45) is 3.00. The Morgan fingerprint density at radius 2 is 1.87 bits per heavy atom. The van der Waals surface area contributed by atoms with Gasteiger partial charge in [0, 0.05) is 11.1 Å². The fourth-order valence-electron chi connectivity index (χ4n) is 1.34. The second-order valence-electron chi connectivity index (χ2n) is 3.42. The van der Waals surface area contributed by atoms with Crippen LogP contribution in [0.3, 0.4) is 0 Å². The van der Waals surface area contributed by atoms with Crippen LogP contribution < -0.4 is 0 Å². The summed E-state index contributed by atoms with van der Waals surface area (Å²) in [4.78, 5) is 13.2. The number of carbonyl (C=O) groups excluding carboxylic acids is 1. The van der Waals surface area contributed by atoms with E-state index in [1.807, 2.05) is 0 Å². The first-order valence-electron chi connectivity index (χ1n) is 4.45. The minimum absolute atomic E-state index is 0.0631. The SMILES string of the molecule is O=C1CC(=S)C=CN1C(CO)(CO)CO. The largest absolute Gasteiger partial charge is 0.394 e. The van der Waals surface area contributed by atoms with Crippen molar-refractivity contribution in [3.8, 4) is 0 Å². The molecule has 15 heavy (non-hydrogen) atoms. The molecule has 0 aliphatic carbocycles. The zero-order valence-electron chi connectivity index (χ0n) is 8.09. The van der Waals surface area contributed by atoms with Gasteiger partial charge in [-0.3, -0.25) is 4.79 Å². The van der Waals surface area contributed by atoms with Gasteiger partial charge < -0.3 is 20.2 Å². The zero-order valence-corrected chi connectivity index (χ0v) is 8.90. The summed E-state index contributed by atoms with van der Waals surface area (Å²) in [5, 5.41) is 27.4. The molecular formula is C9H13NO4S. The number of allylic oxidation sites excluding steroid dienone is 1. The number of rotatable bonds is 4. The Kier molecular flexibility index (Phi) is 3.92. The molecule has 1 aliphatic rings. The minimum atomic E-state index is -1.34. The predicted molar refractivity (Wildman–Crippen MR) is 57.2 cm³/mol. The summed E-state index contributed by atoms with van der Waals surface area (Å²) in [6.45, 7) is -1.53. The standard InChI is InChI=1S/C9H13NO4S/c11-4-9(5-12,6-13)10-2-1-7(15)3-8(10)14/h1-2,11-13H,3-6H2. The Bertz CT molecular complexity index is 290. The lowest BCUT2D eigenvalue weighted by molar-refractivity contribution is -0.138. The van der Waals surface area contributed by atoms with E-state index in [1.165, 1.54) is 6.20 Å². The smallest absolute Gasteiger partial charge is 0.232 e. The van der Waals surface area contributed by atoms with Crippen LogP contribution in [-0.4, -0.2) is 56.4 Å². The molecule has 0 aromatic heterocycles. The van der Waals surface area contributed by atoms with Gasteiger partial charge in [-0.1, -0.05) is 12.2 Å². The molecular weight excluding hydrogens is 218 g/mol. The van der Waals surface area contributed by atoms with Crippen molar-refractivity contribution in [1.29, 1.82) is 0 Å². The maximum absolute atomic E-state index is 11.6. The summed E-state index contributed by atoms with van der Waals surface area (Å²) >= 11 is 4.85. The lowest BCUT2D eigenvalue weighted by Gasteiger charge is -2.39. The Morgan fingerprint density at radius 1 is 1.33 bits per heavy atom. The van der Waals surface area contributed by atoms with Crippen LogP contribution in [0.15, 0.2) is 12.3 Å². The van der Waals surface area contributed by atoms with Crippen molar-refractivity contribution in [2.45, 2.75) is 12.0 Å². The van der Waals surface area contributed by atoms with Crippen LogP contribution in [0.5, 0.6) is 0 Å². The van der Waals surface area contributed by atoms with Gasteiger partial charge in [-0.2, -0.15) is 0 Å². The molecule has 0 spiro atoms. The van der Waals surface area contributed by atoms with Gasteiger partial charge >= 0.3 is 0 Å². The van der Waals surface area contributed by atoms with E-state index in [0.717, 1.165) is 4.90 Å². The van der Waals surface area contributed by atoms with Crippen LogP contribution in [0.25, 0.3) is 0 Å². The topological polar surface area (TPSA) is 81.0 Å². The average molecular weight is 231 g/mol. The van der Waals surface area contributed by atoms with Gasteiger partial charge in [-0.25, -0.2) is 0 Å². The number of carbonyl (C=O) groups is 1. The molecule has 0 unspecified atom stereocenters. The molecule has 0 bridgehead atoms. The molecule has 6 heteroatoms. The fraction of sp³-hybridized carbons (Fsp3) is 0.556. The Morgan fingerprint density at radius 3 is 2.27 bits per heavy atom. The third-order valence-electron chi connectivity index (χ3n) is 2.40. The minimum Gasteiger partial charge on any atom is -0.394 e. The normalized spacial score (nSPS) is 17.4. The van der Waals surface area contributed by atoms with Crippen molar-refractivity contribution in [2.24, 2.45) is 0 Å². The number of hydrogen-bond acceptors (Lipinski definition) is 5. The monoisotopic (exact) mass is 231 g/mol. The van der Waals surface area contributed by atoms with E-state index in [2.05, 4.69) is 0 Å². The van der Waals surface area contributed by atoms with Gasteiger partial charge in [0.2, 0.25) is 5.91 Å². The van der Waals surface area contributed by atoms with Crippen LogP contribution in [0.2, 0.25) is 0 Å².